The third-order valence-electron chi connectivity index (χ3n) is 7.59. The minimum Gasteiger partial charge on any atom is -0.456 e. The van der Waals surface area contributed by atoms with Crippen molar-refractivity contribution in [2.24, 2.45) is 0 Å². The van der Waals surface area contributed by atoms with Gasteiger partial charge in [-0.15, -0.1) is 0 Å². The van der Waals surface area contributed by atoms with Crippen LogP contribution >= 0.6 is 0 Å². The van der Waals surface area contributed by atoms with Gasteiger partial charge >= 0.3 is 0 Å². The molecule has 178 valence electrons. The van der Waals surface area contributed by atoms with Gasteiger partial charge in [-0.25, -0.2) is 0 Å². The molecule has 0 amide bonds. The highest BCUT2D eigenvalue weighted by atomic mass is 16.3. The van der Waals surface area contributed by atoms with Crippen molar-refractivity contribution < 1.29 is 4.42 Å². The molecular formula is C36H23NO. The van der Waals surface area contributed by atoms with Crippen LogP contribution in [0.3, 0.4) is 0 Å². The summed E-state index contributed by atoms with van der Waals surface area (Å²) < 4.78 is 8.44. The predicted octanol–water partition coefficient (Wildman–Crippen LogP) is 10.0. The first-order valence-corrected chi connectivity index (χ1v) is 12.9. The number of rotatable bonds is 3. The van der Waals surface area contributed by atoms with E-state index >= 15 is 0 Å². The van der Waals surface area contributed by atoms with Crippen molar-refractivity contribution in [3.63, 3.8) is 0 Å². The Bertz CT molecular complexity index is 2130. The number of aromatic nitrogens is 1. The van der Waals surface area contributed by atoms with Crippen LogP contribution in [0.5, 0.6) is 0 Å². The Morgan fingerprint density at radius 2 is 1.00 bits per heavy atom. The molecule has 0 radical (unpaired) electrons. The van der Waals surface area contributed by atoms with Gasteiger partial charge in [-0.1, -0.05) is 91.0 Å². The molecule has 2 nitrogen and oxygen atoms in total. The van der Waals surface area contributed by atoms with Crippen molar-refractivity contribution in [2.75, 3.05) is 0 Å². The Morgan fingerprint density at radius 1 is 0.368 bits per heavy atom. The highest BCUT2D eigenvalue weighted by molar-refractivity contribution is 6.11. The van der Waals surface area contributed by atoms with Crippen LogP contribution in [-0.4, -0.2) is 4.57 Å². The minimum atomic E-state index is 0.922. The van der Waals surface area contributed by atoms with E-state index in [2.05, 4.69) is 132 Å². The van der Waals surface area contributed by atoms with E-state index in [4.69, 9.17) is 4.42 Å². The number of furan rings is 1. The predicted molar refractivity (Wildman–Crippen MR) is 159 cm³/mol. The summed E-state index contributed by atoms with van der Waals surface area (Å²) in [6.45, 7) is 0. The van der Waals surface area contributed by atoms with Gasteiger partial charge < -0.3 is 8.98 Å². The van der Waals surface area contributed by atoms with Crippen LogP contribution in [0.1, 0.15) is 0 Å². The zero-order valence-electron chi connectivity index (χ0n) is 20.6. The Hall–Kier alpha value is -5.08. The van der Waals surface area contributed by atoms with Crippen LogP contribution in [0.4, 0.5) is 0 Å². The normalized spacial score (nSPS) is 11.7. The monoisotopic (exact) mass is 485 g/mol. The van der Waals surface area contributed by atoms with Gasteiger partial charge in [0, 0.05) is 27.2 Å². The molecule has 0 spiro atoms. The summed E-state index contributed by atoms with van der Waals surface area (Å²) in [6, 6.07) is 49.7. The molecule has 0 bridgehead atoms. The summed E-state index contributed by atoms with van der Waals surface area (Å²) in [5, 5.41) is 4.81. The van der Waals surface area contributed by atoms with Crippen molar-refractivity contribution in [3.05, 3.63) is 140 Å². The van der Waals surface area contributed by atoms with Crippen molar-refractivity contribution in [1.29, 1.82) is 0 Å². The molecule has 38 heavy (non-hydrogen) atoms. The van der Waals surface area contributed by atoms with Gasteiger partial charge in [0.05, 0.1) is 11.0 Å². The van der Waals surface area contributed by atoms with E-state index in [9.17, 15) is 0 Å². The van der Waals surface area contributed by atoms with Crippen LogP contribution in [0.25, 0.3) is 71.7 Å². The average molecular weight is 486 g/mol. The highest BCUT2D eigenvalue weighted by Gasteiger charge is 2.14. The molecule has 0 N–H and O–H groups in total. The maximum absolute atomic E-state index is 6.06. The standard InChI is InChI=1S/C36H23NO/c1-2-9-24(10-3-1)25-11-8-12-28(21-25)37-33-15-6-4-13-29(33)31-22-26(17-19-34(31)37)27-18-20-36-32(23-27)30-14-5-7-16-35(30)38-36/h1-23H. The van der Waals surface area contributed by atoms with E-state index in [1.165, 1.54) is 44.1 Å². The van der Waals surface area contributed by atoms with E-state index in [1.54, 1.807) is 0 Å². The van der Waals surface area contributed by atoms with Crippen LogP contribution in [-0.2, 0) is 0 Å². The number of para-hydroxylation sites is 2. The number of benzene rings is 6. The molecule has 2 heterocycles. The summed E-state index contributed by atoms with van der Waals surface area (Å²) in [7, 11) is 0. The fourth-order valence-corrected chi connectivity index (χ4v) is 5.79. The molecular weight excluding hydrogens is 462 g/mol. The maximum atomic E-state index is 6.06. The fraction of sp³-hybridized carbons (Fsp3) is 0. The van der Waals surface area contributed by atoms with Gasteiger partial charge in [-0.05, 0) is 70.8 Å². The maximum Gasteiger partial charge on any atom is 0.135 e. The number of hydrogen-bond donors (Lipinski definition) is 0. The minimum absolute atomic E-state index is 0.922. The molecule has 0 aliphatic rings. The van der Waals surface area contributed by atoms with E-state index in [0.717, 1.165) is 27.6 Å². The van der Waals surface area contributed by atoms with Gasteiger partial charge in [-0.3, -0.25) is 0 Å². The van der Waals surface area contributed by atoms with Crippen molar-refractivity contribution in [1.82, 2.24) is 4.57 Å². The average Bonchev–Trinajstić information content (AvgIpc) is 3.53. The first-order chi connectivity index (χ1) is 18.8. The van der Waals surface area contributed by atoms with Crippen molar-refractivity contribution in [2.45, 2.75) is 0 Å². The van der Waals surface area contributed by atoms with Gasteiger partial charge in [0.15, 0.2) is 0 Å². The van der Waals surface area contributed by atoms with E-state index in [1.807, 2.05) is 12.1 Å². The number of hydrogen-bond acceptors (Lipinski definition) is 1. The molecule has 6 aromatic carbocycles. The summed E-state index contributed by atoms with van der Waals surface area (Å²) in [6.07, 6.45) is 0. The molecule has 2 aromatic heterocycles. The van der Waals surface area contributed by atoms with E-state index in [-0.39, 0.29) is 0 Å². The number of fused-ring (bicyclic) bond motifs is 6. The van der Waals surface area contributed by atoms with Gasteiger partial charge in [-0.2, -0.15) is 0 Å². The molecule has 0 fully saturated rings. The lowest BCUT2D eigenvalue weighted by atomic mass is 10.0. The SMILES string of the molecule is c1ccc(-c2cccc(-n3c4ccccc4c4cc(-c5ccc6oc7ccccc7c6c5)ccc43)c2)cc1. The van der Waals surface area contributed by atoms with Crippen molar-refractivity contribution in [3.8, 4) is 27.9 Å². The second kappa shape index (κ2) is 8.22. The van der Waals surface area contributed by atoms with Crippen LogP contribution in [0.2, 0.25) is 0 Å². The molecule has 2 heteroatoms. The second-order valence-corrected chi connectivity index (χ2v) is 9.81. The number of nitrogens with zero attached hydrogens (tertiary/aromatic N) is 1. The zero-order valence-corrected chi connectivity index (χ0v) is 20.6. The Balaban J connectivity index is 1.33. The van der Waals surface area contributed by atoms with Gasteiger partial charge in [0.2, 0.25) is 0 Å². The molecule has 0 aliphatic heterocycles. The molecule has 0 atom stereocenters. The van der Waals surface area contributed by atoms with Gasteiger partial charge in [0.1, 0.15) is 11.2 Å². The molecule has 0 aliphatic carbocycles. The topological polar surface area (TPSA) is 18.1 Å². The van der Waals surface area contributed by atoms with Crippen LogP contribution < -0.4 is 0 Å². The second-order valence-electron chi connectivity index (χ2n) is 9.81. The lowest BCUT2D eigenvalue weighted by Gasteiger charge is -2.11. The summed E-state index contributed by atoms with van der Waals surface area (Å²) in [4.78, 5) is 0. The Kier molecular flexibility index (Phi) is 4.55. The fourth-order valence-electron chi connectivity index (χ4n) is 5.79. The molecule has 8 rings (SSSR count). The van der Waals surface area contributed by atoms with Crippen LogP contribution in [0, 0.1) is 0 Å². The van der Waals surface area contributed by atoms with Crippen LogP contribution in [0.15, 0.2) is 144 Å². The van der Waals surface area contributed by atoms with E-state index in [0.29, 0.717) is 0 Å². The lowest BCUT2D eigenvalue weighted by Crippen LogP contribution is -1.94. The smallest absolute Gasteiger partial charge is 0.135 e. The zero-order chi connectivity index (χ0) is 25.1. The summed E-state index contributed by atoms with van der Waals surface area (Å²) in [5.41, 5.74) is 10.2. The molecule has 0 saturated carbocycles. The largest absolute Gasteiger partial charge is 0.456 e. The Morgan fingerprint density at radius 3 is 1.89 bits per heavy atom. The van der Waals surface area contributed by atoms with Crippen molar-refractivity contribution >= 4 is 43.7 Å². The first-order valence-electron chi connectivity index (χ1n) is 12.9. The third-order valence-corrected chi connectivity index (χ3v) is 7.59. The quantitative estimate of drug-likeness (QED) is 0.243. The molecule has 0 unspecified atom stereocenters. The van der Waals surface area contributed by atoms with Gasteiger partial charge in [0.25, 0.3) is 0 Å². The Labute approximate surface area is 220 Å². The first kappa shape index (κ1) is 21.0. The highest BCUT2D eigenvalue weighted by Crippen LogP contribution is 2.37. The summed E-state index contributed by atoms with van der Waals surface area (Å²) >= 11 is 0. The molecule has 0 saturated heterocycles. The summed E-state index contributed by atoms with van der Waals surface area (Å²) in [5.74, 6) is 0. The lowest BCUT2D eigenvalue weighted by molar-refractivity contribution is 0.669. The molecule has 8 aromatic rings. The van der Waals surface area contributed by atoms with E-state index < -0.39 is 0 Å². The third kappa shape index (κ3) is 3.21.